The van der Waals surface area contributed by atoms with Crippen molar-refractivity contribution in [1.82, 2.24) is 10.5 Å². The molecule has 1 aromatic heterocycles. The number of ether oxygens (including phenoxy) is 2. The van der Waals surface area contributed by atoms with E-state index in [0.29, 0.717) is 48.8 Å². The summed E-state index contributed by atoms with van der Waals surface area (Å²) >= 11 is 1.50. The van der Waals surface area contributed by atoms with E-state index < -0.39 is 12.2 Å². The smallest absolute Gasteiger partial charge is 0.256 e. The number of nitrogens with zero attached hydrogens (tertiary/aromatic N) is 1. The van der Waals surface area contributed by atoms with Crippen LogP contribution in [0.1, 0.15) is 67.6 Å². The second kappa shape index (κ2) is 17.9. The maximum Gasteiger partial charge on any atom is 0.256 e. The van der Waals surface area contributed by atoms with Crippen LogP contribution in [-0.2, 0) is 25.7 Å². The van der Waals surface area contributed by atoms with Gasteiger partial charge in [0.1, 0.15) is 5.69 Å². The second-order valence-electron chi connectivity index (χ2n) is 12.3. The van der Waals surface area contributed by atoms with Crippen LogP contribution in [0.5, 0.6) is 0 Å². The largest absolute Gasteiger partial charge is 0.431 e. The van der Waals surface area contributed by atoms with Gasteiger partial charge in [0.15, 0.2) is 12.1 Å². The third-order valence-corrected chi connectivity index (χ3v) is 9.56. The summed E-state index contributed by atoms with van der Waals surface area (Å²) in [5.74, 6) is 0.759. The lowest BCUT2D eigenvalue weighted by Gasteiger charge is -2.36. The summed E-state index contributed by atoms with van der Waals surface area (Å²) in [5.41, 5.74) is 7.63. The molecule has 2 heterocycles. The van der Waals surface area contributed by atoms with E-state index in [0.717, 1.165) is 39.3 Å². The van der Waals surface area contributed by atoms with Gasteiger partial charge in [-0.3, -0.25) is 14.8 Å². The summed E-state index contributed by atoms with van der Waals surface area (Å²) in [6, 6.07) is 35.2. The molecular formula is C40H41N3O7S. The van der Waals surface area contributed by atoms with E-state index >= 15 is 0 Å². The molecule has 1 fully saturated rings. The normalized spacial score (nSPS) is 17.2. The number of carbonyl (C=O) groups is 2. The third kappa shape index (κ3) is 9.93. The van der Waals surface area contributed by atoms with Crippen molar-refractivity contribution >= 4 is 29.3 Å². The number of amides is 2. The number of thioether (sulfide) groups is 1. The molecule has 0 saturated carbocycles. The van der Waals surface area contributed by atoms with Crippen molar-refractivity contribution in [2.75, 3.05) is 11.1 Å². The third-order valence-electron chi connectivity index (χ3n) is 8.60. The van der Waals surface area contributed by atoms with Crippen molar-refractivity contribution in [3.05, 3.63) is 126 Å². The Morgan fingerprint density at radius 3 is 2.08 bits per heavy atom. The van der Waals surface area contributed by atoms with Crippen LogP contribution in [0.4, 0.5) is 5.69 Å². The highest BCUT2D eigenvalue weighted by Crippen LogP contribution is 2.41. The monoisotopic (exact) mass is 707 g/mol. The number of nitrogens with one attached hydrogen (secondary N) is 2. The lowest BCUT2D eigenvalue weighted by molar-refractivity contribution is -0.245. The van der Waals surface area contributed by atoms with E-state index in [9.17, 15) is 14.7 Å². The highest BCUT2D eigenvalue weighted by atomic mass is 32.2. The molecule has 1 saturated heterocycles. The molecule has 0 spiro atoms. The van der Waals surface area contributed by atoms with Gasteiger partial charge in [-0.15, -0.1) is 0 Å². The number of unbranched alkanes of at least 4 members (excludes halogenated alkanes) is 2. The summed E-state index contributed by atoms with van der Waals surface area (Å²) in [7, 11) is 0. The Morgan fingerprint density at radius 1 is 0.765 bits per heavy atom. The van der Waals surface area contributed by atoms with Crippen LogP contribution >= 0.6 is 11.8 Å². The Morgan fingerprint density at radius 2 is 1.41 bits per heavy atom. The number of aliphatic hydroxyl groups excluding tert-OH is 1. The van der Waals surface area contributed by atoms with Crippen LogP contribution in [0.15, 0.2) is 119 Å². The first-order valence-corrected chi connectivity index (χ1v) is 18.1. The van der Waals surface area contributed by atoms with Gasteiger partial charge in [-0.25, -0.2) is 10.5 Å². The summed E-state index contributed by atoms with van der Waals surface area (Å²) in [6.07, 6.45) is 2.00. The lowest BCUT2D eigenvalue weighted by atomic mass is 10.0. The molecule has 1 aliphatic rings. The van der Waals surface area contributed by atoms with E-state index in [1.165, 1.54) is 11.8 Å². The topological polar surface area (TPSA) is 143 Å². The molecule has 4 N–H and O–H groups in total. The van der Waals surface area contributed by atoms with E-state index in [1.54, 1.807) is 5.48 Å². The van der Waals surface area contributed by atoms with Crippen LogP contribution < -0.4 is 10.8 Å². The number of rotatable bonds is 15. The Hall–Kier alpha value is -4.78. The summed E-state index contributed by atoms with van der Waals surface area (Å²) in [6.45, 7) is -0.0326. The fraction of sp³-hybridized carbons (Fsp3) is 0.275. The van der Waals surface area contributed by atoms with Gasteiger partial charge in [-0.2, -0.15) is 0 Å². The first kappa shape index (κ1) is 36.0. The lowest BCUT2D eigenvalue weighted by Crippen LogP contribution is -2.31. The van der Waals surface area contributed by atoms with Gasteiger partial charge in [0.2, 0.25) is 11.8 Å². The molecule has 1 aliphatic heterocycles. The minimum Gasteiger partial charge on any atom is -0.431 e. The molecule has 51 heavy (non-hydrogen) atoms. The summed E-state index contributed by atoms with van der Waals surface area (Å²) in [4.78, 5) is 28.6. The van der Waals surface area contributed by atoms with Crippen LogP contribution in [0, 0.1) is 0 Å². The van der Waals surface area contributed by atoms with Crippen LogP contribution in [-0.4, -0.2) is 39.0 Å². The molecule has 10 nitrogen and oxygen atoms in total. The molecule has 4 aromatic carbocycles. The van der Waals surface area contributed by atoms with Crippen molar-refractivity contribution in [2.45, 2.75) is 68.9 Å². The average molecular weight is 708 g/mol. The van der Waals surface area contributed by atoms with Crippen molar-refractivity contribution in [1.29, 1.82) is 0 Å². The number of aromatic nitrogens is 1. The summed E-state index contributed by atoms with van der Waals surface area (Å²) < 4.78 is 19.4. The number of anilines is 1. The molecule has 11 heteroatoms. The van der Waals surface area contributed by atoms with E-state index in [2.05, 4.69) is 5.32 Å². The zero-order valence-corrected chi connectivity index (χ0v) is 28.9. The minimum absolute atomic E-state index is 0.0326. The van der Waals surface area contributed by atoms with Gasteiger partial charge in [0.25, 0.3) is 5.22 Å². The van der Waals surface area contributed by atoms with Crippen molar-refractivity contribution < 1.29 is 33.8 Å². The van der Waals surface area contributed by atoms with Gasteiger partial charge in [-0.1, -0.05) is 115 Å². The molecule has 5 aromatic rings. The van der Waals surface area contributed by atoms with E-state index in [1.807, 2.05) is 109 Å². The molecule has 6 rings (SSSR count). The summed E-state index contributed by atoms with van der Waals surface area (Å²) in [5, 5.41) is 21.6. The maximum atomic E-state index is 12.5. The van der Waals surface area contributed by atoms with Crippen LogP contribution in [0.3, 0.4) is 0 Å². The second-order valence-corrected chi connectivity index (χ2v) is 13.3. The zero-order valence-electron chi connectivity index (χ0n) is 28.1. The number of hydrogen-bond acceptors (Lipinski definition) is 9. The quantitative estimate of drug-likeness (QED) is 0.0366. The zero-order chi connectivity index (χ0) is 35.4. The molecule has 0 aliphatic carbocycles. The minimum atomic E-state index is -0.655. The number of hydrogen-bond donors (Lipinski definition) is 4. The highest BCUT2D eigenvalue weighted by Gasteiger charge is 2.33. The molecule has 3 unspecified atom stereocenters. The fourth-order valence-corrected chi connectivity index (χ4v) is 6.72. The fourth-order valence-electron chi connectivity index (χ4n) is 5.88. The van der Waals surface area contributed by atoms with Crippen molar-refractivity contribution in [3.63, 3.8) is 0 Å². The Labute approximate surface area is 301 Å². The number of carbonyl (C=O) groups excluding carboxylic acids is 2. The number of oxazole rings is 1. The molecule has 0 bridgehead atoms. The molecule has 0 radical (unpaired) electrons. The number of aliphatic hydroxyl groups is 1. The number of benzene rings is 4. The maximum absolute atomic E-state index is 12.5. The van der Waals surface area contributed by atoms with Gasteiger partial charge in [0, 0.05) is 47.4 Å². The predicted octanol–water partition coefficient (Wildman–Crippen LogP) is 8.23. The Bertz CT molecular complexity index is 1790. The van der Waals surface area contributed by atoms with E-state index in [-0.39, 0.29) is 31.1 Å². The van der Waals surface area contributed by atoms with Gasteiger partial charge < -0.3 is 24.3 Å². The number of hydroxylamine groups is 1. The van der Waals surface area contributed by atoms with Crippen LogP contribution in [0.25, 0.3) is 22.6 Å². The first-order chi connectivity index (χ1) is 25.0. The van der Waals surface area contributed by atoms with Crippen molar-refractivity contribution in [2.24, 2.45) is 0 Å². The van der Waals surface area contributed by atoms with Gasteiger partial charge in [0.05, 0.1) is 18.8 Å². The van der Waals surface area contributed by atoms with Gasteiger partial charge >= 0.3 is 0 Å². The van der Waals surface area contributed by atoms with E-state index in [4.69, 9.17) is 24.1 Å². The Kier molecular flexibility index (Phi) is 12.7. The standard InChI is InChI=1S/C40H41N3O7S/c44-25-27-16-18-28(19-17-27)34-24-33(26-51-40-42-37(29-10-4-1-5-11-29)38(50-40)30-12-6-2-7-13-30)48-39(49-34)31-20-22-32(23-21-31)41-35(45)14-8-3-9-15-36(46)43-47/h1-2,4-7,10-13,16-23,33-34,39,44,47H,3,8-9,14-15,24-26H2,(H,41,45)(H,43,46). The molecule has 3 atom stereocenters. The SMILES string of the molecule is O=C(CCCCCC(=O)Nc1ccc(C2OC(CSc3nc(-c4ccccc4)c(-c4ccccc4)o3)CC(c3ccc(CO)cc3)O2)cc1)NO. The predicted molar refractivity (Wildman–Crippen MR) is 195 cm³/mol. The van der Waals surface area contributed by atoms with Gasteiger partial charge in [-0.05, 0) is 36.1 Å². The van der Waals surface area contributed by atoms with Crippen LogP contribution in [0.2, 0.25) is 0 Å². The highest BCUT2D eigenvalue weighted by molar-refractivity contribution is 7.99. The van der Waals surface area contributed by atoms with Crippen molar-refractivity contribution in [3.8, 4) is 22.6 Å². The Balaban J connectivity index is 1.14. The molecule has 2 amide bonds. The molecular weight excluding hydrogens is 667 g/mol. The molecule has 264 valence electrons. The first-order valence-electron chi connectivity index (χ1n) is 17.1. The average Bonchev–Trinajstić information content (AvgIpc) is 3.62.